The molecule has 0 spiro atoms. The minimum absolute atomic E-state index is 0.114. The van der Waals surface area contributed by atoms with Crippen molar-refractivity contribution in [1.29, 1.82) is 0 Å². The highest BCUT2D eigenvalue weighted by atomic mass is 16.5. The third kappa shape index (κ3) is 4.20. The van der Waals surface area contributed by atoms with Crippen molar-refractivity contribution in [1.82, 2.24) is 5.32 Å². The highest BCUT2D eigenvalue weighted by Crippen LogP contribution is 2.33. The van der Waals surface area contributed by atoms with Crippen LogP contribution in [-0.4, -0.2) is 18.0 Å². The number of anilines is 1. The van der Waals surface area contributed by atoms with Gasteiger partial charge in [-0.05, 0) is 68.0 Å². The second-order valence-electron chi connectivity index (χ2n) is 7.17. The number of para-hydroxylation sites is 1. The summed E-state index contributed by atoms with van der Waals surface area (Å²) in [6, 6.07) is 18.5. The van der Waals surface area contributed by atoms with Crippen molar-refractivity contribution in [2.75, 3.05) is 5.32 Å². The standard InChI is InChI=1S/C21H24N2O2/c24-21(14-15-12-17-6-7-18(13-15)22-17)23-16-8-10-20(11-9-16)25-19-4-2-1-3-5-19/h1-5,8-11,15,17-18,22H,6-7,12-14H2,(H,23,24). The Labute approximate surface area is 148 Å². The lowest BCUT2D eigenvalue weighted by atomic mass is 9.89. The van der Waals surface area contributed by atoms with Crippen LogP contribution < -0.4 is 15.4 Å². The molecule has 25 heavy (non-hydrogen) atoms. The third-order valence-electron chi connectivity index (χ3n) is 5.16. The molecule has 2 heterocycles. The molecule has 2 aliphatic heterocycles. The lowest BCUT2D eigenvalue weighted by molar-refractivity contribution is -0.117. The van der Waals surface area contributed by atoms with Crippen molar-refractivity contribution in [3.63, 3.8) is 0 Å². The van der Waals surface area contributed by atoms with Gasteiger partial charge in [0.15, 0.2) is 0 Å². The predicted octanol–water partition coefficient (Wildman–Crippen LogP) is 4.34. The second-order valence-corrected chi connectivity index (χ2v) is 7.17. The molecule has 2 saturated heterocycles. The summed E-state index contributed by atoms with van der Waals surface area (Å²) < 4.78 is 5.77. The zero-order valence-corrected chi connectivity index (χ0v) is 14.3. The number of hydrogen-bond donors (Lipinski definition) is 2. The number of benzene rings is 2. The van der Waals surface area contributed by atoms with E-state index in [-0.39, 0.29) is 5.91 Å². The zero-order valence-electron chi connectivity index (χ0n) is 14.3. The summed E-state index contributed by atoms with van der Waals surface area (Å²) in [6.07, 6.45) is 5.43. The molecule has 4 nitrogen and oxygen atoms in total. The first-order valence-electron chi connectivity index (χ1n) is 9.13. The Bertz CT molecular complexity index is 702. The minimum atomic E-state index is 0.114. The zero-order chi connectivity index (χ0) is 17.1. The van der Waals surface area contributed by atoms with Crippen LogP contribution in [-0.2, 0) is 4.79 Å². The number of ether oxygens (including phenoxy) is 1. The van der Waals surface area contributed by atoms with Crippen molar-refractivity contribution in [2.45, 2.75) is 44.2 Å². The van der Waals surface area contributed by atoms with Gasteiger partial charge in [0.2, 0.25) is 5.91 Å². The molecule has 2 bridgehead atoms. The molecule has 2 aromatic rings. The fourth-order valence-electron chi connectivity index (χ4n) is 4.05. The lowest BCUT2D eigenvalue weighted by Gasteiger charge is -2.28. The topological polar surface area (TPSA) is 50.4 Å². The maximum absolute atomic E-state index is 12.3. The molecule has 2 N–H and O–H groups in total. The molecule has 0 radical (unpaired) electrons. The van der Waals surface area contributed by atoms with Gasteiger partial charge in [0.25, 0.3) is 0 Å². The number of carbonyl (C=O) groups excluding carboxylic acids is 1. The number of amides is 1. The van der Waals surface area contributed by atoms with E-state index in [9.17, 15) is 4.79 Å². The van der Waals surface area contributed by atoms with Gasteiger partial charge in [-0.15, -0.1) is 0 Å². The van der Waals surface area contributed by atoms with E-state index in [1.54, 1.807) is 0 Å². The van der Waals surface area contributed by atoms with Crippen LogP contribution in [0.2, 0.25) is 0 Å². The molecular formula is C21H24N2O2. The SMILES string of the molecule is O=C(CC1CC2CCC(C1)N2)Nc1ccc(Oc2ccccc2)cc1. The Kier molecular flexibility index (Phi) is 4.70. The maximum Gasteiger partial charge on any atom is 0.224 e. The number of piperidine rings is 1. The van der Waals surface area contributed by atoms with Crippen LogP contribution in [0.3, 0.4) is 0 Å². The van der Waals surface area contributed by atoms with Crippen LogP contribution in [0.15, 0.2) is 54.6 Å². The van der Waals surface area contributed by atoms with Crippen LogP contribution in [0.5, 0.6) is 11.5 Å². The second kappa shape index (κ2) is 7.28. The van der Waals surface area contributed by atoms with Crippen LogP contribution in [0, 0.1) is 5.92 Å². The number of hydrogen-bond acceptors (Lipinski definition) is 3. The quantitative estimate of drug-likeness (QED) is 0.854. The molecule has 130 valence electrons. The van der Waals surface area contributed by atoms with E-state index < -0.39 is 0 Å². The van der Waals surface area contributed by atoms with Gasteiger partial charge in [-0.25, -0.2) is 0 Å². The smallest absolute Gasteiger partial charge is 0.224 e. The van der Waals surface area contributed by atoms with Gasteiger partial charge >= 0.3 is 0 Å². The molecule has 0 aromatic heterocycles. The number of rotatable bonds is 5. The molecule has 2 fully saturated rings. The summed E-state index contributed by atoms with van der Waals surface area (Å²) in [6.45, 7) is 0. The number of fused-ring (bicyclic) bond motifs is 2. The first kappa shape index (κ1) is 16.2. The molecule has 1 amide bonds. The molecule has 2 atom stereocenters. The Morgan fingerprint density at radius 1 is 0.960 bits per heavy atom. The summed E-state index contributed by atoms with van der Waals surface area (Å²) in [5.74, 6) is 2.20. The fraction of sp³-hybridized carbons (Fsp3) is 0.381. The van der Waals surface area contributed by atoms with Crippen LogP contribution in [0.4, 0.5) is 5.69 Å². The molecule has 2 unspecified atom stereocenters. The van der Waals surface area contributed by atoms with E-state index in [0.29, 0.717) is 24.4 Å². The average Bonchev–Trinajstić information content (AvgIpc) is 2.96. The van der Waals surface area contributed by atoms with E-state index in [4.69, 9.17) is 4.74 Å². The van der Waals surface area contributed by atoms with E-state index in [2.05, 4.69) is 10.6 Å². The molecule has 0 aliphatic carbocycles. The molecule has 4 rings (SSSR count). The Morgan fingerprint density at radius 3 is 2.28 bits per heavy atom. The van der Waals surface area contributed by atoms with Crippen LogP contribution in [0.25, 0.3) is 0 Å². The van der Waals surface area contributed by atoms with Gasteiger partial charge in [-0.1, -0.05) is 18.2 Å². The average molecular weight is 336 g/mol. The number of carbonyl (C=O) groups is 1. The normalized spacial score (nSPS) is 24.7. The summed E-state index contributed by atoms with van der Waals surface area (Å²) >= 11 is 0. The van der Waals surface area contributed by atoms with Crippen molar-refractivity contribution in [3.8, 4) is 11.5 Å². The molecular weight excluding hydrogens is 312 g/mol. The summed E-state index contributed by atoms with van der Waals surface area (Å²) in [7, 11) is 0. The molecule has 2 aliphatic rings. The Balaban J connectivity index is 1.29. The van der Waals surface area contributed by atoms with Gasteiger partial charge in [-0.2, -0.15) is 0 Å². The molecule has 2 aromatic carbocycles. The predicted molar refractivity (Wildman–Crippen MR) is 98.9 cm³/mol. The third-order valence-corrected chi connectivity index (χ3v) is 5.16. The van der Waals surface area contributed by atoms with Gasteiger partial charge in [0, 0.05) is 24.2 Å². The van der Waals surface area contributed by atoms with Gasteiger partial charge in [0.1, 0.15) is 11.5 Å². The van der Waals surface area contributed by atoms with Crippen LogP contribution in [0.1, 0.15) is 32.1 Å². The maximum atomic E-state index is 12.3. The summed E-state index contributed by atoms with van der Waals surface area (Å²) in [5, 5.41) is 6.64. The molecule has 4 heteroatoms. The van der Waals surface area contributed by atoms with Gasteiger partial charge in [0.05, 0.1) is 0 Å². The Hall–Kier alpha value is -2.33. The fourth-order valence-corrected chi connectivity index (χ4v) is 4.05. The van der Waals surface area contributed by atoms with Gasteiger partial charge in [-0.3, -0.25) is 4.79 Å². The summed E-state index contributed by atoms with van der Waals surface area (Å²) in [4.78, 5) is 12.3. The van der Waals surface area contributed by atoms with Crippen molar-refractivity contribution in [2.24, 2.45) is 5.92 Å². The number of nitrogens with one attached hydrogen (secondary N) is 2. The van der Waals surface area contributed by atoms with Gasteiger partial charge < -0.3 is 15.4 Å². The van der Waals surface area contributed by atoms with Crippen LogP contribution >= 0.6 is 0 Å². The van der Waals surface area contributed by atoms with E-state index in [1.165, 1.54) is 12.8 Å². The van der Waals surface area contributed by atoms with E-state index >= 15 is 0 Å². The lowest BCUT2D eigenvalue weighted by Crippen LogP contribution is -2.39. The highest BCUT2D eigenvalue weighted by molar-refractivity contribution is 5.90. The van der Waals surface area contributed by atoms with E-state index in [1.807, 2.05) is 54.6 Å². The molecule has 0 saturated carbocycles. The van der Waals surface area contributed by atoms with Crippen molar-refractivity contribution >= 4 is 11.6 Å². The largest absolute Gasteiger partial charge is 0.457 e. The highest BCUT2D eigenvalue weighted by Gasteiger charge is 2.34. The Morgan fingerprint density at radius 2 is 1.60 bits per heavy atom. The minimum Gasteiger partial charge on any atom is -0.457 e. The monoisotopic (exact) mass is 336 g/mol. The first-order valence-corrected chi connectivity index (χ1v) is 9.13. The van der Waals surface area contributed by atoms with Crippen molar-refractivity contribution < 1.29 is 9.53 Å². The van der Waals surface area contributed by atoms with E-state index in [0.717, 1.165) is 30.0 Å². The first-order chi connectivity index (χ1) is 12.2. The van der Waals surface area contributed by atoms with Crippen molar-refractivity contribution in [3.05, 3.63) is 54.6 Å². The summed E-state index contributed by atoms with van der Waals surface area (Å²) in [5.41, 5.74) is 0.822.